The van der Waals surface area contributed by atoms with Crippen LogP contribution in [-0.4, -0.2) is 9.97 Å². The monoisotopic (exact) mass is 220 g/mol. The molecule has 0 aliphatic heterocycles. The number of rotatable bonds is 2. The fraction of sp³-hybridized carbons (Fsp3) is 0.0909. The van der Waals surface area contributed by atoms with Crippen LogP contribution in [0, 0.1) is 6.92 Å². The van der Waals surface area contributed by atoms with Crippen molar-refractivity contribution in [1.82, 2.24) is 9.97 Å². The highest BCUT2D eigenvalue weighted by Crippen LogP contribution is 2.24. The molecule has 76 valence electrons. The first kappa shape index (κ1) is 9.93. The van der Waals surface area contributed by atoms with Gasteiger partial charge in [-0.25, -0.2) is 9.97 Å². The van der Waals surface area contributed by atoms with E-state index in [9.17, 15) is 0 Å². The Labute approximate surface area is 92.7 Å². The minimum absolute atomic E-state index is 0.262. The predicted molar refractivity (Wildman–Crippen MR) is 58.3 cm³/mol. The molecule has 0 radical (unpaired) electrons. The van der Waals surface area contributed by atoms with Gasteiger partial charge >= 0.3 is 0 Å². The maximum Gasteiger partial charge on any atom is 0.257 e. The molecule has 0 amide bonds. The van der Waals surface area contributed by atoms with Gasteiger partial charge < -0.3 is 4.74 Å². The molecule has 4 heteroatoms. The van der Waals surface area contributed by atoms with Crippen molar-refractivity contribution in [3.63, 3.8) is 0 Å². The second kappa shape index (κ2) is 4.28. The van der Waals surface area contributed by atoms with Crippen molar-refractivity contribution in [3.8, 4) is 11.6 Å². The van der Waals surface area contributed by atoms with Crippen LogP contribution in [0.4, 0.5) is 0 Å². The van der Waals surface area contributed by atoms with E-state index in [2.05, 4.69) is 9.97 Å². The summed E-state index contributed by atoms with van der Waals surface area (Å²) in [4.78, 5) is 7.85. The largest absolute Gasteiger partial charge is 0.436 e. The summed E-state index contributed by atoms with van der Waals surface area (Å²) < 4.78 is 5.46. The maximum atomic E-state index is 5.81. The highest BCUT2D eigenvalue weighted by atomic mass is 35.5. The molecule has 15 heavy (non-hydrogen) atoms. The van der Waals surface area contributed by atoms with Gasteiger partial charge in [-0.3, -0.25) is 0 Å². The van der Waals surface area contributed by atoms with Crippen LogP contribution in [0.1, 0.15) is 5.56 Å². The van der Waals surface area contributed by atoms with E-state index in [4.69, 9.17) is 16.3 Å². The molecule has 2 aromatic rings. The molecule has 0 aliphatic rings. The van der Waals surface area contributed by atoms with E-state index in [0.29, 0.717) is 11.6 Å². The minimum Gasteiger partial charge on any atom is -0.436 e. The van der Waals surface area contributed by atoms with E-state index in [1.54, 1.807) is 0 Å². The fourth-order valence-corrected chi connectivity index (χ4v) is 1.24. The zero-order valence-corrected chi connectivity index (χ0v) is 8.90. The zero-order chi connectivity index (χ0) is 10.7. The van der Waals surface area contributed by atoms with Gasteiger partial charge in [0.15, 0.2) is 5.15 Å². The number of halogens is 1. The van der Waals surface area contributed by atoms with Gasteiger partial charge in [-0.15, -0.1) is 0 Å². The zero-order valence-electron chi connectivity index (χ0n) is 8.14. The molecular formula is C11H9ClN2O. The number of aromatic nitrogens is 2. The second-order valence-corrected chi connectivity index (χ2v) is 3.43. The molecule has 1 aromatic carbocycles. The summed E-state index contributed by atoms with van der Waals surface area (Å²) >= 11 is 5.81. The normalized spacial score (nSPS) is 10.0. The first-order chi connectivity index (χ1) is 7.25. The minimum atomic E-state index is 0.262. The molecule has 0 atom stereocenters. The Balaban J connectivity index is 2.22. The van der Waals surface area contributed by atoms with Crippen molar-refractivity contribution in [2.75, 3.05) is 0 Å². The molecule has 0 fully saturated rings. The highest BCUT2D eigenvalue weighted by molar-refractivity contribution is 6.30. The van der Waals surface area contributed by atoms with E-state index in [-0.39, 0.29) is 5.15 Å². The molecule has 0 unspecified atom stereocenters. The first-order valence-electron chi connectivity index (χ1n) is 4.47. The van der Waals surface area contributed by atoms with E-state index in [0.717, 1.165) is 0 Å². The van der Waals surface area contributed by atoms with Crippen molar-refractivity contribution in [2.45, 2.75) is 6.92 Å². The number of hydrogen-bond donors (Lipinski definition) is 0. The molecule has 0 bridgehead atoms. The molecular weight excluding hydrogens is 212 g/mol. The van der Waals surface area contributed by atoms with Gasteiger partial charge in [-0.05, 0) is 19.1 Å². The summed E-state index contributed by atoms with van der Waals surface area (Å²) in [6.07, 6.45) is 3.06. The second-order valence-electron chi connectivity index (χ2n) is 3.07. The van der Waals surface area contributed by atoms with Crippen molar-refractivity contribution in [2.24, 2.45) is 0 Å². The summed E-state index contributed by atoms with van der Waals surface area (Å²) in [6.45, 7) is 2.01. The molecule has 1 aromatic heterocycles. The summed E-state index contributed by atoms with van der Waals surface area (Å²) in [5.41, 5.74) is 1.17. The number of aryl methyl sites for hydroxylation is 1. The van der Waals surface area contributed by atoms with Crippen molar-refractivity contribution >= 4 is 11.6 Å². The van der Waals surface area contributed by atoms with Gasteiger partial charge in [0.05, 0.1) is 0 Å². The van der Waals surface area contributed by atoms with E-state index < -0.39 is 0 Å². The van der Waals surface area contributed by atoms with Crippen molar-refractivity contribution in [1.29, 1.82) is 0 Å². The molecule has 1 heterocycles. The van der Waals surface area contributed by atoms with Crippen molar-refractivity contribution < 1.29 is 4.74 Å². The molecule has 0 saturated carbocycles. The Kier molecular flexibility index (Phi) is 2.83. The average molecular weight is 221 g/mol. The standard InChI is InChI=1S/C11H9ClN2O/c1-8-2-4-9(5-3-8)15-11-10(12)13-6-7-14-11/h2-7H,1H3. The van der Waals surface area contributed by atoms with E-state index >= 15 is 0 Å². The molecule has 2 rings (SSSR count). The number of nitrogens with zero attached hydrogens (tertiary/aromatic N) is 2. The third-order valence-corrected chi connectivity index (χ3v) is 2.12. The van der Waals surface area contributed by atoms with Crippen LogP contribution in [0.3, 0.4) is 0 Å². The summed E-state index contributed by atoms with van der Waals surface area (Å²) in [5, 5.41) is 0.262. The van der Waals surface area contributed by atoms with Gasteiger partial charge in [0.1, 0.15) is 5.75 Å². The molecule has 0 spiro atoms. The first-order valence-corrected chi connectivity index (χ1v) is 4.84. The van der Waals surface area contributed by atoms with Crippen LogP contribution >= 0.6 is 11.6 Å². The number of benzene rings is 1. The van der Waals surface area contributed by atoms with E-state index in [1.807, 2.05) is 31.2 Å². The van der Waals surface area contributed by atoms with Gasteiger partial charge in [-0.1, -0.05) is 29.3 Å². The van der Waals surface area contributed by atoms with Crippen LogP contribution in [-0.2, 0) is 0 Å². The van der Waals surface area contributed by atoms with Crippen molar-refractivity contribution in [3.05, 3.63) is 47.4 Å². The lowest BCUT2D eigenvalue weighted by Gasteiger charge is -2.04. The highest BCUT2D eigenvalue weighted by Gasteiger charge is 2.03. The SMILES string of the molecule is Cc1ccc(Oc2nccnc2Cl)cc1. The summed E-state index contributed by atoms with van der Waals surface area (Å²) in [7, 11) is 0. The Morgan fingerprint density at radius 1 is 1.07 bits per heavy atom. The maximum absolute atomic E-state index is 5.81. The Bertz CT molecular complexity index is 456. The quantitative estimate of drug-likeness (QED) is 0.780. The fourth-order valence-electron chi connectivity index (χ4n) is 1.09. The Morgan fingerprint density at radius 3 is 2.40 bits per heavy atom. The molecule has 0 aliphatic carbocycles. The third-order valence-electron chi connectivity index (χ3n) is 1.86. The van der Waals surface area contributed by atoms with Gasteiger partial charge in [0.2, 0.25) is 0 Å². The average Bonchev–Trinajstić information content (AvgIpc) is 2.25. The van der Waals surface area contributed by atoms with Crippen LogP contribution in [0.5, 0.6) is 11.6 Å². The number of hydrogen-bond acceptors (Lipinski definition) is 3. The smallest absolute Gasteiger partial charge is 0.257 e. The number of ether oxygens (including phenoxy) is 1. The summed E-state index contributed by atoms with van der Waals surface area (Å²) in [5.74, 6) is 1.02. The third kappa shape index (κ3) is 2.44. The van der Waals surface area contributed by atoms with E-state index in [1.165, 1.54) is 18.0 Å². The van der Waals surface area contributed by atoms with Crippen LogP contribution in [0.2, 0.25) is 5.15 Å². The van der Waals surface area contributed by atoms with Crippen LogP contribution < -0.4 is 4.74 Å². The Hall–Kier alpha value is -1.61. The lowest BCUT2D eigenvalue weighted by Crippen LogP contribution is -1.90. The topological polar surface area (TPSA) is 35.0 Å². The van der Waals surface area contributed by atoms with Crippen LogP contribution in [0.25, 0.3) is 0 Å². The molecule has 0 N–H and O–H groups in total. The predicted octanol–water partition coefficient (Wildman–Crippen LogP) is 3.23. The van der Waals surface area contributed by atoms with Gasteiger partial charge in [0, 0.05) is 12.4 Å². The van der Waals surface area contributed by atoms with Gasteiger partial charge in [-0.2, -0.15) is 0 Å². The molecule has 0 saturated heterocycles. The van der Waals surface area contributed by atoms with Gasteiger partial charge in [0.25, 0.3) is 5.88 Å². The summed E-state index contributed by atoms with van der Waals surface area (Å²) in [6, 6.07) is 7.64. The molecule has 3 nitrogen and oxygen atoms in total. The lowest BCUT2D eigenvalue weighted by molar-refractivity contribution is 0.460. The van der Waals surface area contributed by atoms with Crippen LogP contribution in [0.15, 0.2) is 36.7 Å². The Morgan fingerprint density at radius 2 is 1.73 bits per heavy atom. The lowest BCUT2D eigenvalue weighted by atomic mass is 10.2.